The first-order chi connectivity index (χ1) is 23.0. The summed E-state index contributed by atoms with van der Waals surface area (Å²) in [5, 5.41) is 0. The normalized spacial score (nSPS) is 54.1. The van der Waals surface area contributed by atoms with Crippen molar-refractivity contribution < 1.29 is 38.5 Å². The predicted molar refractivity (Wildman–Crippen MR) is 178 cm³/mol. The van der Waals surface area contributed by atoms with Crippen LogP contribution in [0.4, 0.5) is 0 Å². The molecule has 10 aliphatic rings. The second kappa shape index (κ2) is 11.4. The van der Waals surface area contributed by atoms with Crippen LogP contribution in [-0.2, 0) is 38.5 Å². The fourth-order valence-corrected chi connectivity index (χ4v) is 11.5. The molecule has 8 nitrogen and oxygen atoms in total. The first-order valence-electron chi connectivity index (χ1n) is 18.9. The maximum atomic E-state index is 6.79. The molecular formula is C40H54O8. The number of benzene rings is 1. The zero-order valence-electron chi connectivity index (χ0n) is 29.5. The molecule has 2 spiro atoms. The molecule has 2 saturated carbocycles. The van der Waals surface area contributed by atoms with Crippen molar-refractivity contribution in [2.75, 3.05) is 0 Å². The van der Waals surface area contributed by atoms with Crippen LogP contribution in [0.1, 0.15) is 104 Å². The van der Waals surface area contributed by atoms with Gasteiger partial charge in [-0.25, -0.2) is 19.6 Å². The van der Waals surface area contributed by atoms with Gasteiger partial charge in [0.05, 0.1) is 12.2 Å². The van der Waals surface area contributed by atoms with Crippen LogP contribution in [-0.4, -0.2) is 47.6 Å². The van der Waals surface area contributed by atoms with E-state index in [1.165, 1.54) is 12.8 Å². The summed E-state index contributed by atoms with van der Waals surface area (Å²) in [7, 11) is 0. The highest BCUT2D eigenvalue weighted by atomic mass is 17.3. The molecule has 1 aromatic rings. The summed E-state index contributed by atoms with van der Waals surface area (Å²) in [6.45, 7) is 13.3. The standard InChI is InChI=1S/C40H54O8/c1-23-10-14-31-25(3)33(41-35-39(31)29(23)18-20-37(5,43-35)45-47-39)16-12-27-8-7-9-28(22-27)13-17-34-26(4)32-15-11-24(2)30-19-21-38(6)44-36(42-34)40(30,32)48-46-38/h7-9,12-13,16-17,22-26,29-36H,10-11,14-15,18-21H2,1-6H3/b16-12-,17-13+/t23-,24-,25-,26-,29+,30+,31+,32+,33?,34?,35+,36+,37-,38-,39-,40-/m1/s1. The third kappa shape index (κ3) is 4.77. The van der Waals surface area contributed by atoms with Crippen molar-refractivity contribution in [2.24, 2.45) is 47.3 Å². The molecule has 8 aliphatic heterocycles. The van der Waals surface area contributed by atoms with Crippen molar-refractivity contribution in [2.45, 2.75) is 140 Å². The van der Waals surface area contributed by atoms with E-state index in [9.17, 15) is 0 Å². The van der Waals surface area contributed by atoms with Crippen molar-refractivity contribution in [1.82, 2.24) is 0 Å². The lowest BCUT2D eigenvalue weighted by molar-refractivity contribution is -0.569. The van der Waals surface area contributed by atoms with Gasteiger partial charge >= 0.3 is 0 Å². The average molecular weight is 663 g/mol. The molecule has 16 atom stereocenters. The second-order valence-corrected chi connectivity index (χ2v) is 17.1. The molecule has 0 N–H and O–H groups in total. The van der Waals surface area contributed by atoms with E-state index < -0.39 is 35.4 Å². The number of ether oxygens (including phenoxy) is 4. The van der Waals surface area contributed by atoms with Crippen molar-refractivity contribution in [1.29, 1.82) is 0 Å². The van der Waals surface area contributed by atoms with Gasteiger partial charge in [-0.1, -0.05) is 70.2 Å². The van der Waals surface area contributed by atoms with Crippen LogP contribution in [0.3, 0.4) is 0 Å². The topological polar surface area (TPSA) is 73.8 Å². The summed E-state index contributed by atoms with van der Waals surface area (Å²) in [6.07, 6.45) is 16.2. The van der Waals surface area contributed by atoms with Gasteiger partial charge in [-0.2, -0.15) is 0 Å². The molecule has 2 unspecified atom stereocenters. The van der Waals surface area contributed by atoms with Crippen LogP contribution in [0.15, 0.2) is 36.4 Å². The zero-order valence-corrected chi connectivity index (χ0v) is 29.5. The molecule has 11 rings (SSSR count). The molecular weight excluding hydrogens is 608 g/mol. The highest BCUT2D eigenvalue weighted by Gasteiger charge is 2.70. The maximum Gasteiger partial charge on any atom is 0.201 e. The molecule has 8 heteroatoms. The third-order valence-electron chi connectivity index (χ3n) is 14.3. The van der Waals surface area contributed by atoms with Gasteiger partial charge in [0.2, 0.25) is 11.6 Å². The number of rotatable bonds is 4. The zero-order chi connectivity index (χ0) is 33.1. The average Bonchev–Trinajstić information content (AvgIpc) is 3.45. The molecule has 0 aromatic heterocycles. The SMILES string of the molecule is C[C@@H]1CC[C@H]2[C@@H](C)C(/C=C\c3cccc(/C=C/C4O[C@H]5O[C@@]6(C)CC[C@H]7[C@H](C)CC[C@@H]([C@H]4C)[C@@]57OO6)c3)O[C@H]3O[C@@]4(C)CC[C@@H]1[C@]32OO4. The largest absolute Gasteiger partial charge is 0.342 e. The van der Waals surface area contributed by atoms with E-state index in [0.717, 1.165) is 49.7 Å². The quantitative estimate of drug-likeness (QED) is 0.299. The summed E-state index contributed by atoms with van der Waals surface area (Å²) in [5.74, 6) is 1.53. The van der Waals surface area contributed by atoms with E-state index in [1.54, 1.807) is 0 Å². The third-order valence-corrected chi connectivity index (χ3v) is 14.3. The fraction of sp³-hybridized carbons (Fsp3) is 0.750. The highest BCUT2D eigenvalue weighted by Crippen LogP contribution is 2.62. The minimum Gasteiger partial charge on any atom is -0.342 e. The smallest absolute Gasteiger partial charge is 0.201 e. The van der Waals surface area contributed by atoms with E-state index in [-0.39, 0.29) is 24.0 Å². The molecule has 0 radical (unpaired) electrons. The lowest BCUT2D eigenvalue weighted by Gasteiger charge is -2.60. The van der Waals surface area contributed by atoms with E-state index >= 15 is 0 Å². The molecule has 10 fully saturated rings. The Morgan fingerprint density at radius 1 is 0.583 bits per heavy atom. The summed E-state index contributed by atoms with van der Waals surface area (Å²) in [4.78, 5) is 24.7. The number of fused-ring (bicyclic) bond motifs is 4. The Hall–Kier alpha value is -1.62. The monoisotopic (exact) mass is 662 g/mol. The molecule has 48 heavy (non-hydrogen) atoms. The van der Waals surface area contributed by atoms with Crippen LogP contribution in [0.25, 0.3) is 12.2 Å². The first kappa shape index (κ1) is 32.3. The van der Waals surface area contributed by atoms with Gasteiger partial charge in [-0.05, 0) is 105 Å². The summed E-state index contributed by atoms with van der Waals surface area (Å²) < 4.78 is 26.7. The van der Waals surface area contributed by atoms with Crippen LogP contribution < -0.4 is 0 Å². The van der Waals surface area contributed by atoms with Crippen molar-refractivity contribution in [3.8, 4) is 0 Å². The van der Waals surface area contributed by atoms with Crippen LogP contribution in [0.5, 0.6) is 0 Å². The van der Waals surface area contributed by atoms with Crippen molar-refractivity contribution in [3.63, 3.8) is 0 Å². The van der Waals surface area contributed by atoms with Crippen LogP contribution in [0, 0.1) is 47.3 Å². The molecule has 4 bridgehead atoms. The van der Waals surface area contributed by atoms with Crippen LogP contribution in [0.2, 0.25) is 0 Å². The van der Waals surface area contributed by atoms with Gasteiger partial charge in [0.15, 0.2) is 23.8 Å². The molecule has 1 aromatic carbocycles. The van der Waals surface area contributed by atoms with Gasteiger partial charge in [0.1, 0.15) is 0 Å². The number of hydrogen-bond acceptors (Lipinski definition) is 8. The van der Waals surface area contributed by atoms with Gasteiger partial charge in [0, 0.05) is 24.7 Å². The minimum atomic E-state index is -0.759. The van der Waals surface area contributed by atoms with E-state index in [1.807, 2.05) is 13.8 Å². The minimum absolute atomic E-state index is 0.0701. The van der Waals surface area contributed by atoms with Crippen molar-refractivity contribution in [3.05, 3.63) is 47.5 Å². The molecule has 0 amide bonds. The Bertz CT molecular complexity index is 1360. The van der Waals surface area contributed by atoms with E-state index in [2.05, 4.69) is 76.3 Å². The summed E-state index contributed by atoms with van der Waals surface area (Å²) in [6, 6.07) is 8.67. The Morgan fingerprint density at radius 3 is 1.50 bits per heavy atom. The first-order valence-corrected chi connectivity index (χ1v) is 18.9. The van der Waals surface area contributed by atoms with Gasteiger partial charge < -0.3 is 18.9 Å². The molecule has 8 saturated heterocycles. The second-order valence-electron chi connectivity index (χ2n) is 17.1. The lowest BCUT2D eigenvalue weighted by atomic mass is 9.57. The predicted octanol–water partition coefficient (Wildman–Crippen LogP) is 8.21. The Balaban J connectivity index is 0.928. The Labute approximate surface area is 285 Å². The summed E-state index contributed by atoms with van der Waals surface area (Å²) in [5.41, 5.74) is 1.22. The molecule has 2 aliphatic carbocycles. The maximum absolute atomic E-state index is 6.79. The highest BCUT2D eigenvalue weighted by molar-refractivity contribution is 5.58. The van der Waals surface area contributed by atoms with Gasteiger partial charge in [-0.15, -0.1) is 0 Å². The van der Waals surface area contributed by atoms with Gasteiger partial charge in [0.25, 0.3) is 0 Å². The van der Waals surface area contributed by atoms with Gasteiger partial charge in [-0.3, -0.25) is 0 Å². The van der Waals surface area contributed by atoms with E-state index in [4.69, 9.17) is 38.5 Å². The molecule has 262 valence electrons. The Kier molecular flexibility index (Phi) is 7.70. The number of hydrogen-bond donors (Lipinski definition) is 0. The van der Waals surface area contributed by atoms with Crippen LogP contribution >= 0.6 is 0 Å². The van der Waals surface area contributed by atoms with Crippen molar-refractivity contribution >= 4 is 12.2 Å². The Morgan fingerprint density at radius 2 is 1.04 bits per heavy atom. The summed E-state index contributed by atoms with van der Waals surface area (Å²) >= 11 is 0. The fourth-order valence-electron chi connectivity index (χ4n) is 11.5. The lowest BCUT2D eigenvalue weighted by Crippen LogP contribution is -2.70. The molecule has 8 heterocycles. The van der Waals surface area contributed by atoms with E-state index in [0.29, 0.717) is 35.5 Å².